The average Bonchev–Trinajstić information content (AvgIpc) is 2.01. The lowest BCUT2D eigenvalue weighted by Gasteiger charge is -2.01. The van der Waals surface area contributed by atoms with Crippen LogP contribution in [0, 0.1) is 0 Å². The number of phenolic OH excluding ortho intramolecular Hbond substituents is 1. The molecule has 0 aliphatic rings. The minimum atomic E-state index is -3.59. The molecule has 0 aliphatic heterocycles. The van der Waals surface area contributed by atoms with Crippen LogP contribution >= 0.6 is 0 Å². The van der Waals surface area contributed by atoms with Gasteiger partial charge in [0.05, 0.1) is 4.90 Å². The third kappa shape index (κ3) is 2.56. The number of ketones is 1. The molecule has 0 unspecified atom stereocenters. The van der Waals surface area contributed by atoms with Crippen molar-refractivity contribution in [3.05, 3.63) is 24.3 Å². The van der Waals surface area contributed by atoms with Crippen LogP contribution in [0.5, 0.6) is 5.75 Å². The summed E-state index contributed by atoms with van der Waals surface area (Å²) in [5.41, 5.74) is 0. The summed E-state index contributed by atoms with van der Waals surface area (Å²) in [6, 6.07) is 5.26. The second-order valence-corrected chi connectivity index (χ2v) is 4.95. The SMILES string of the molecule is CC(=O)CS(=O)(=O)c1cccc(O)c1. The van der Waals surface area contributed by atoms with Crippen LogP contribution in [0.3, 0.4) is 0 Å². The van der Waals surface area contributed by atoms with Gasteiger partial charge in [0.25, 0.3) is 0 Å². The van der Waals surface area contributed by atoms with Gasteiger partial charge in [-0.2, -0.15) is 0 Å². The Kier molecular flexibility index (Phi) is 2.90. The van der Waals surface area contributed by atoms with Gasteiger partial charge in [-0.15, -0.1) is 0 Å². The van der Waals surface area contributed by atoms with Crippen molar-refractivity contribution in [2.75, 3.05) is 5.75 Å². The molecule has 0 saturated carbocycles. The second-order valence-electron chi connectivity index (χ2n) is 2.96. The van der Waals surface area contributed by atoms with Crippen molar-refractivity contribution in [1.29, 1.82) is 0 Å². The molecule has 0 radical (unpaired) electrons. The van der Waals surface area contributed by atoms with Crippen LogP contribution < -0.4 is 0 Å². The molecule has 0 aliphatic carbocycles. The Morgan fingerprint density at radius 1 is 1.43 bits per heavy atom. The number of rotatable bonds is 3. The fourth-order valence-electron chi connectivity index (χ4n) is 1.03. The minimum Gasteiger partial charge on any atom is -0.508 e. The third-order valence-corrected chi connectivity index (χ3v) is 3.33. The van der Waals surface area contributed by atoms with Crippen molar-refractivity contribution in [3.63, 3.8) is 0 Å². The molecular weight excluding hydrogens is 204 g/mol. The van der Waals surface area contributed by atoms with Crippen LogP contribution in [0.2, 0.25) is 0 Å². The standard InChI is InChI=1S/C9H10O4S/c1-7(10)6-14(12,13)9-4-2-3-8(11)5-9/h2-5,11H,6H2,1H3. The molecule has 76 valence electrons. The highest BCUT2D eigenvalue weighted by atomic mass is 32.2. The maximum absolute atomic E-state index is 11.5. The maximum atomic E-state index is 11.5. The summed E-state index contributed by atoms with van der Waals surface area (Å²) >= 11 is 0. The van der Waals surface area contributed by atoms with Gasteiger partial charge in [0.15, 0.2) is 9.84 Å². The van der Waals surface area contributed by atoms with E-state index in [1.54, 1.807) is 0 Å². The Labute approximate surface area is 82.1 Å². The first kappa shape index (κ1) is 10.7. The predicted octanol–water partition coefficient (Wildman–Crippen LogP) is 0.755. The summed E-state index contributed by atoms with van der Waals surface area (Å²) in [5, 5.41) is 9.06. The Morgan fingerprint density at radius 3 is 2.57 bits per heavy atom. The molecule has 0 saturated heterocycles. The highest BCUT2D eigenvalue weighted by Gasteiger charge is 2.16. The quantitative estimate of drug-likeness (QED) is 0.806. The van der Waals surface area contributed by atoms with E-state index in [4.69, 9.17) is 5.11 Å². The lowest BCUT2D eigenvalue weighted by molar-refractivity contribution is -0.114. The fourth-order valence-corrected chi connectivity index (χ4v) is 2.32. The van der Waals surface area contributed by atoms with Gasteiger partial charge in [-0.3, -0.25) is 4.79 Å². The molecule has 0 aromatic heterocycles. The molecular formula is C9H10O4S. The summed E-state index contributed by atoms with van der Waals surface area (Å²) in [4.78, 5) is 10.6. The van der Waals surface area contributed by atoms with Crippen molar-refractivity contribution < 1.29 is 18.3 Å². The number of sulfone groups is 1. The molecule has 0 amide bonds. The second kappa shape index (κ2) is 3.79. The number of hydrogen-bond acceptors (Lipinski definition) is 4. The molecule has 0 spiro atoms. The van der Waals surface area contributed by atoms with E-state index in [1.165, 1.54) is 25.1 Å². The molecule has 5 heteroatoms. The molecule has 1 N–H and O–H groups in total. The Morgan fingerprint density at radius 2 is 2.07 bits per heavy atom. The number of carbonyl (C=O) groups excluding carboxylic acids is 1. The number of hydrogen-bond donors (Lipinski definition) is 1. The number of benzene rings is 1. The van der Waals surface area contributed by atoms with Crippen molar-refractivity contribution in [1.82, 2.24) is 0 Å². The highest BCUT2D eigenvalue weighted by Crippen LogP contribution is 2.16. The van der Waals surface area contributed by atoms with E-state index >= 15 is 0 Å². The normalized spacial score (nSPS) is 11.2. The molecule has 1 aromatic rings. The zero-order valence-corrected chi connectivity index (χ0v) is 8.41. The summed E-state index contributed by atoms with van der Waals surface area (Å²) in [5.74, 6) is -1.08. The van der Waals surface area contributed by atoms with Gasteiger partial charge in [-0.05, 0) is 25.1 Å². The van der Waals surface area contributed by atoms with Crippen molar-refractivity contribution in [2.45, 2.75) is 11.8 Å². The summed E-state index contributed by atoms with van der Waals surface area (Å²) in [6.45, 7) is 1.21. The van der Waals surface area contributed by atoms with Crippen LogP contribution in [0.15, 0.2) is 29.2 Å². The Hall–Kier alpha value is -1.36. The molecule has 1 aromatic carbocycles. The largest absolute Gasteiger partial charge is 0.508 e. The van der Waals surface area contributed by atoms with Gasteiger partial charge in [-0.1, -0.05) is 6.07 Å². The lowest BCUT2D eigenvalue weighted by Crippen LogP contribution is -2.13. The minimum absolute atomic E-state index is 0.0345. The van der Waals surface area contributed by atoms with E-state index in [9.17, 15) is 13.2 Å². The number of aromatic hydroxyl groups is 1. The topological polar surface area (TPSA) is 71.4 Å². The Bertz CT molecular complexity index is 448. The van der Waals surface area contributed by atoms with Crippen molar-refractivity contribution in [3.8, 4) is 5.75 Å². The first-order chi connectivity index (χ1) is 6.42. The fraction of sp³-hybridized carbons (Fsp3) is 0.222. The first-order valence-electron chi connectivity index (χ1n) is 3.93. The predicted molar refractivity (Wildman–Crippen MR) is 50.8 cm³/mol. The summed E-state index contributed by atoms with van der Waals surface area (Å²) in [6.07, 6.45) is 0. The molecule has 0 heterocycles. The smallest absolute Gasteiger partial charge is 0.185 e. The average molecular weight is 214 g/mol. The Balaban J connectivity index is 3.11. The lowest BCUT2D eigenvalue weighted by atomic mass is 10.3. The molecule has 1 rings (SSSR count). The first-order valence-corrected chi connectivity index (χ1v) is 5.58. The van der Waals surface area contributed by atoms with E-state index in [0.717, 1.165) is 6.07 Å². The van der Waals surface area contributed by atoms with E-state index < -0.39 is 21.4 Å². The molecule has 0 fully saturated rings. The summed E-state index contributed by atoms with van der Waals surface area (Å²) < 4.78 is 22.9. The van der Waals surface area contributed by atoms with Gasteiger partial charge >= 0.3 is 0 Å². The van der Waals surface area contributed by atoms with Crippen LogP contribution in [0.25, 0.3) is 0 Å². The van der Waals surface area contributed by atoms with Crippen molar-refractivity contribution in [2.24, 2.45) is 0 Å². The molecule has 0 atom stereocenters. The monoisotopic (exact) mass is 214 g/mol. The zero-order chi connectivity index (χ0) is 10.8. The highest BCUT2D eigenvalue weighted by molar-refractivity contribution is 7.92. The van der Waals surface area contributed by atoms with Gasteiger partial charge in [0.1, 0.15) is 17.3 Å². The van der Waals surface area contributed by atoms with Crippen LogP contribution in [-0.4, -0.2) is 25.1 Å². The molecule has 14 heavy (non-hydrogen) atoms. The van der Waals surface area contributed by atoms with E-state index in [2.05, 4.69) is 0 Å². The number of carbonyl (C=O) groups is 1. The summed E-state index contributed by atoms with van der Waals surface area (Å²) in [7, 11) is -3.59. The molecule has 0 bridgehead atoms. The van der Waals surface area contributed by atoms with E-state index in [1.807, 2.05) is 0 Å². The van der Waals surface area contributed by atoms with Gasteiger partial charge < -0.3 is 5.11 Å². The van der Waals surface area contributed by atoms with Crippen LogP contribution in [0.1, 0.15) is 6.92 Å². The van der Waals surface area contributed by atoms with Gasteiger partial charge in [0, 0.05) is 0 Å². The third-order valence-electron chi connectivity index (χ3n) is 1.57. The maximum Gasteiger partial charge on any atom is 0.185 e. The van der Waals surface area contributed by atoms with E-state index in [-0.39, 0.29) is 10.6 Å². The molecule has 4 nitrogen and oxygen atoms in total. The van der Waals surface area contributed by atoms with Crippen LogP contribution in [-0.2, 0) is 14.6 Å². The van der Waals surface area contributed by atoms with Crippen molar-refractivity contribution >= 4 is 15.6 Å². The van der Waals surface area contributed by atoms with E-state index in [0.29, 0.717) is 0 Å². The van der Waals surface area contributed by atoms with Gasteiger partial charge in [-0.25, -0.2) is 8.42 Å². The number of Topliss-reactive ketones (excluding diaryl/α,β-unsaturated/α-hetero) is 1. The number of phenols is 1. The van der Waals surface area contributed by atoms with Gasteiger partial charge in [0.2, 0.25) is 0 Å². The zero-order valence-electron chi connectivity index (χ0n) is 7.60. The van der Waals surface area contributed by atoms with Crippen LogP contribution in [0.4, 0.5) is 0 Å².